The van der Waals surface area contributed by atoms with Gasteiger partial charge < -0.3 is 5.32 Å². The quantitative estimate of drug-likeness (QED) is 0.662. The topological polar surface area (TPSA) is 12.0 Å². The molecule has 1 nitrogen and oxygen atoms in total. The van der Waals surface area contributed by atoms with Crippen molar-refractivity contribution in [1.82, 2.24) is 5.32 Å². The van der Waals surface area contributed by atoms with E-state index in [9.17, 15) is 0 Å². The van der Waals surface area contributed by atoms with Gasteiger partial charge in [-0.15, -0.1) is 22.7 Å². The van der Waals surface area contributed by atoms with Crippen molar-refractivity contribution < 1.29 is 0 Å². The Labute approximate surface area is 131 Å². The maximum atomic E-state index is 5.92. The summed E-state index contributed by atoms with van der Waals surface area (Å²) in [7, 11) is 0. The van der Waals surface area contributed by atoms with Crippen molar-refractivity contribution in [3.63, 3.8) is 0 Å². The molecule has 0 bridgehead atoms. The van der Waals surface area contributed by atoms with Crippen molar-refractivity contribution in [2.75, 3.05) is 0 Å². The van der Waals surface area contributed by atoms with Gasteiger partial charge in [-0.2, -0.15) is 0 Å². The first kappa shape index (κ1) is 13.8. The molecule has 1 N–H and O–H groups in total. The molecule has 102 valence electrons. The van der Waals surface area contributed by atoms with Gasteiger partial charge in [-0.3, -0.25) is 0 Å². The summed E-state index contributed by atoms with van der Waals surface area (Å²) < 4.78 is 0.851. The highest BCUT2D eigenvalue weighted by atomic mass is 35.5. The first-order chi connectivity index (χ1) is 9.81. The summed E-state index contributed by atoms with van der Waals surface area (Å²) >= 11 is 9.35. The molecule has 20 heavy (non-hydrogen) atoms. The van der Waals surface area contributed by atoms with Crippen LogP contribution in [0.3, 0.4) is 0 Å². The van der Waals surface area contributed by atoms with Gasteiger partial charge in [-0.1, -0.05) is 41.9 Å². The summed E-state index contributed by atoms with van der Waals surface area (Å²) in [5.41, 5.74) is 2.58. The Kier molecular flexibility index (Phi) is 4.53. The van der Waals surface area contributed by atoms with Crippen molar-refractivity contribution in [2.24, 2.45) is 0 Å². The molecule has 0 saturated carbocycles. The molecular weight excluding hydrogens is 306 g/mol. The van der Waals surface area contributed by atoms with E-state index in [1.165, 1.54) is 20.9 Å². The minimum atomic E-state index is 0.851. The lowest BCUT2D eigenvalue weighted by molar-refractivity contribution is 0.709. The van der Waals surface area contributed by atoms with Gasteiger partial charge in [-0.05, 0) is 34.7 Å². The van der Waals surface area contributed by atoms with E-state index >= 15 is 0 Å². The summed E-state index contributed by atoms with van der Waals surface area (Å²) in [6.07, 6.45) is 0. The lowest BCUT2D eigenvalue weighted by Crippen LogP contribution is -2.10. The molecule has 0 saturated heterocycles. The Bertz CT molecular complexity index is 673. The van der Waals surface area contributed by atoms with Crippen LogP contribution in [0.1, 0.15) is 9.75 Å². The lowest BCUT2D eigenvalue weighted by Gasteiger charge is -2.00. The van der Waals surface area contributed by atoms with Crippen molar-refractivity contribution >= 4 is 34.3 Å². The van der Waals surface area contributed by atoms with Crippen molar-refractivity contribution in [1.29, 1.82) is 0 Å². The lowest BCUT2D eigenvalue weighted by atomic mass is 10.1. The summed E-state index contributed by atoms with van der Waals surface area (Å²) in [5.74, 6) is 0. The van der Waals surface area contributed by atoms with E-state index in [0.29, 0.717) is 0 Å². The summed E-state index contributed by atoms with van der Waals surface area (Å²) in [4.78, 5) is 2.63. The van der Waals surface area contributed by atoms with Crippen LogP contribution in [0, 0.1) is 0 Å². The number of rotatable bonds is 5. The number of hydrogen-bond donors (Lipinski definition) is 1. The van der Waals surface area contributed by atoms with E-state index < -0.39 is 0 Å². The molecule has 0 aliphatic heterocycles. The first-order valence-electron chi connectivity index (χ1n) is 6.39. The second-order valence-corrected chi connectivity index (χ2v) is 7.27. The van der Waals surface area contributed by atoms with Crippen LogP contribution in [0.5, 0.6) is 0 Å². The average molecular weight is 320 g/mol. The fourth-order valence-electron chi connectivity index (χ4n) is 2.01. The number of thiophene rings is 2. The second-order valence-electron chi connectivity index (χ2n) is 4.48. The highest BCUT2D eigenvalue weighted by Gasteiger charge is 2.03. The Morgan fingerprint density at radius 3 is 2.45 bits per heavy atom. The zero-order valence-electron chi connectivity index (χ0n) is 10.8. The van der Waals surface area contributed by atoms with Crippen molar-refractivity contribution in [3.8, 4) is 11.1 Å². The SMILES string of the molecule is Clc1ccc(CNCc2cc(-c3ccccc3)cs2)s1. The third-order valence-corrected chi connectivity index (χ3v) is 5.16. The predicted molar refractivity (Wildman–Crippen MR) is 89.6 cm³/mol. The molecule has 3 rings (SSSR count). The summed E-state index contributed by atoms with van der Waals surface area (Å²) in [6, 6.07) is 16.8. The van der Waals surface area contributed by atoms with E-state index in [0.717, 1.165) is 17.4 Å². The molecule has 3 aromatic rings. The highest BCUT2D eigenvalue weighted by Crippen LogP contribution is 2.25. The Morgan fingerprint density at radius 1 is 0.900 bits per heavy atom. The van der Waals surface area contributed by atoms with Crippen LogP contribution >= 0.6 is 34.3 Å². The third kappa shape index (κ3) is 3.49. The van der Waals surface area contributed by atoms with E-state index in [2.05, 4.69) is 47.1 Å². The molecule has 0 unspecified atom stereocenters. The van der Waals surface area contributed by atoms with Crippen molar-refractivity contribution in [3.05, 3.63) is 68.0 Å². The van der Waals surface area contributed by atoms with Gasteiger partial charge in [0.2, 0.25) is 0 Å². The van der Waals surface area contributed by atoms with Crippen LogP contribution in [0.4, 0.5) is 0 Å². The minimum absolute atomic E-state index is 0.851. The Morgan fingerprint density at radius 2 is 1.70 bits per heavy atom. The molecule has 0 atom stereocenters. The number of halogens is 1. The molecule has 4 heteroatoms. The van der Waals surface area contributed by atoms with Gasteiger partial charge >= 0.3 is 0 Å². The van der Waals surface area contributed by atoms with Crippen LogP contribution < -0.4 is 5.32 Å². The molecule has 0 aliphatic carbocycles. The van der Waals surface area contributed by atoms with Gasteiger partial charge in [0, 0.05) is 22.8 Å². The maximum absolute atomic E-state index is 5.92. The first-order valence-corrected chi connectivity index (χ1v) is 8.46. The molecule has 0 fully saturated rings. The van der Waals surface area contributed by atoms with Crippen LogP contribution in [-0.4, -0.2) is 0 Å². The monoisotopic (exact) mass is 319 g/mol. The Hall–Kier alpha value is -1.13. The molecule has 0 radical (unpaired) electrons. The van der Waals surface area contributed by atoms with E-state index in [1.54, 1.807) is 22.7 Å². The zero-order valence-corrected chi connectivity index (χ0v) is 13.2. The third-order valence-electron chi connectivity index (χ3n) is 2.99. The van der Waals surface area contributed by atoms with Crippen LogP contribution in [0.25, 0.3) is 11.1 Å². The largest absolute Gasteiger partial charge is 0.307 e. The summed E-state index contributed by atoms with van der Waals surface area (Å²) in [6.45, 7) is 1.77. The van der Waals surface area contributed by atoms with E-state index in [1.807, 2.05) is 12.1 Å². The van der Waals surface area contributed by atoms with Gasteiger partial charge in [-0.25, -0.2) is 0 Å². The highest BCUT2D eigenvalue weighted by molar-refractivity contribution is 7.16. The molecule has 0 aliphatic rings. The van der Waals surface area contributed by atoms with E-state index in [4.69, 9.17) is 11.6 Å². The molecule has 2 heterocycles. The number of hydrogen-bond acceptors (Lipinski definition) is 3. The van der Waals surface area contributed by atoms with Crippen LogP contribution in [-0.2, 0) is 13.1 Å². The minimum Gasteiger partial charge on any atom is -0.307 e. The zero-order chi connectivity index (χ0) is 13.8. The van der Waals surface area contributed by atoms with Crippen LogP contribution in [0.15, 0.2) is 53.9 Å². The molecule has 0 amide bonds. The van der Waals surface area contributed by atoms with Gasteiger partial charge in [0.1, 0.15) is 0 Å². The summed E-state index contributed by atoms with van der Waals surface area (Å²) in [5, 5.41) is 5.67. The van der Waals surface area contributed by atoms with Gasteiger partial charge in [0.25, 0.3) is 0 Å². The molecule has 1 aromatic carbocycles. The number of nitrogens with one attached hydrogen (secondary N) is 1. The molecule has 0 spiro atoms. The van der Waals surface area contributed by atoms with Gasteiger partial charge in [0.05, 0.1) is 4.34 Å². The van der Waals surface area contributed by atoms with Crippen LogP contribution in [0.2, 0.25) is 4.34 Å². The number of benzene rings is 1. The maximum Gasteiger partial charge on any atom is 0.0931 e. The predicted octanol–water partition coefficient (Wildman–Crippen LogP) is 5.42. The fourth-order valence-corrected chi connectivity index (χ4v) is 3.93. The standard InChI is InChI=1S/C16H14ClNS2/c17-16-7-6-14(20-16)9-18-10-15-8-13(11-19-15)12-4-2-1-3-5-12/h1-8,11,18H,9-10H2. The van der Waals surface area contributed by atoms with Gasteiger partial charge in [0.15, 0.2) is 0 Å². The Balaban J connectivity index is 1.58. The normalized spacial score (nSPS) is 10.8. The average Bonchev–Trinajstić information content (AvgIpc) is 3.09. The van der Waals surface area contributed by atoms with E-state index in [-0.39, 0.29) is 0 Å². The molecular formula is C16H14ClNS2. The fraction of sp³-hybridized carbons (Fsp3) is 0.125. The smallest absolute Gasteiger partial charge is 0.0931 e. The van der Waals surface area contributed by atoms with Crippen molar-refractivity contribution in [2.45, 2.75) is 13.1 Å². The molecule has 2 aromatic heterocycles. The second kappa shape index (κ2) is 6.55.